The molecule has 0 radical (unpaired) electrons. The minimum Gasteiger partial charge on any atom is -0.502 e. The molecule has 0 saturated heterocycles. The van der Waals surface area contributed by atoms with E-state index in [2.05, 4.69) is 4.72 Å². The van der Waals surface area contributed by atoms with Gasteiger partial charge in [0.05, 0.1) is 9.82 Å². The minimum absolute atomic E-state index is 0.0991. The molecule has 2 aromatic rings. The van der Waals surface area contributed by atoms with E-state index in [4.69, 9.17) is 0 Å². The van der Waals surface area contributed by atoms with Crippen LogP contribution in [0.4, 0.5) is 5.69 Å². The van der Waals surface area contributed by atoms with Gasteiger partial charge in [0.25, 0.3) is 0 Å². The lowest BCUT2D eigenvalue weighted by atomic mass is 10.1. The molecule has 0 aliphatic rings. The number of benzene rings is 2. The van der Waals surface area contributed by atoms with Gasteiger partial charge in [0.2, 0.25) is 10.0 Å². The number of carbonyl (C=O) groups is 1. The number of rotatable bonds is 7. The number of hydrogen-bond donors (Lipinski definition) is 3. The third-order valence-electron chi connectivity index (χ3n) is 3.33. The highest BCUT2D eigenvalue weighted by atomic mass is 32.2. The van der Waals surface area contributed by atoms with E-state index < -0.39 is 38.4 Å². The lowest BCUT2D eigenvalue weighted by molar-refractivity contribution is -0.385. The zero-order chi connectivity index (χ0) is 18.6. The molecule has 0 unspecified atom stereocenters. The highest BCUT2D eigenvalue weighted by Crippen LogP contribution is 2.27. The summed E-state index contributed by atoms with van der Waals surface area (Å²) in [5, 5.41) is 29.5. The van der Waals surface area contributed by atoms with Crippen LogP contribution in [0.5, 0.6) is 5.75 Å². The topological polar surface area (TPSA) is 147 Å². The molecule has 0 bridgehead atoms. The molecule has 25 heavy (non-hydrogen) atoms. The Morgan fingerprint density at radius 1 is 1.20 bits per heavy atom. The summed E-state index contributed by atoms with van der Waals surface area (Å²) in [7, 11) is -4.07. The number of aromatic hydroxyl groups is 1. The maximum atomic E-state index is 12.2. The van der Waals surface area contributed by atoms with Crippen LogP contribution < -0.4 is 4.72 Å². The fourth-order valence-corrected chi connectivity index (χ4v) is 3.32. The molecule has 0 amide bonds. The normalized spacial score (nSPS) is 12.5. The highest BCUT2D eigenvalue weighted by molar-refractivity contribution is 7.89. The van der Waals surface area contributed by atoms with Crippen molar-refractivity contribution in [1.29, 1.82) is 0 Å². The summed E-state index contributed by atoms with van der Waals surface area (Å²) in [6.07, 6.45) is -0.331. The SMILES string of the molecule is O=C(O)[C@H](Cc1ccc(O)c([N+](=O)[O-])c1)NS(=O)(=O)c1ccccc1. The van der Waals surface area contributed by atoms with Crippen molar-refractivity contribution in [2.45, 2.75) is 17.4 Å². The first kappa shape index (κ1) is 18.4. The number of carboxylic acids is 1. The fraction of sp³-hybridized carbons (Fsp3) is 0.133. The van der Waals surface area contributed by atoms with Gasteiger partial charge in [-0.15, -0.1) is 0 Å². The number of nitrogens with one attached hydrogen (secondary N) is 1. The second-order valence-electron chi connectivity index (χ2n) is 5.11. The molecule has 10 heteroatoms. The van der Waals surface area contributed by atoms with Crippen molar-refractivity contribution in [1.82, 2.24) is 4.72 Å². The predicted molar refractivity (Wildman–Crippen MR) is 86.7 cm³/mol. The molecule has 0 spiro atoms. The summed E-state index contributed by atoms with van der Waals surface area (Å²) in [5.74, 6) is -2.00. The van der Waals surface area contributed by atoms with E-state index in [1.54, 1.807) is 6.07 Å². The summed E-state index contributed by atoms with van der Waals surface area (Å²) in [4.78, 5) is 21.3. The largest absolute Gasteiger partial charge is 0.502 e. The van der Waals surface area contributed by atoms with E-state index in [0.29, 0.717) is 0 Å². The first-order valence-corrected chi connectivity index (χ1v) is 8.45. The number of nitro groups is 1. The lowest BCUT2D eigenvalue weighted by Crippen LogP contribution is -2.42. The zero-order valence-corrected chi connectivity index (χ0v) is 13.5. The van der Waals surface area contributed by atoms with Crippen molar-refractivity contribution in [3.8, 4) is 5.75 Å². The van der Waals surface area contributed by atoms with Gasteiger partial charge in [-0.1, -0.05) is 24.3 Å². The number of phenolic OH excluding ortho intramolecular Hbond substituents is 1. The van der Waals surface area contributed by atoms with Crippen LogP contribution in [0.2, 0.25) is 0 Å². The standard InChI is InChI=1S/C15H14N2O7S/c18-14-7-6-10(9-13(14)17(21)22)8-12(15(19)20)16-25(23,24)11-4-2-1-3-5-11/h1-7,9,12,16,18H,8H2,(H,19,20)/t12-/m0/s1. The summed E-state index contributed by atoms with van der Waals surface area (Å²) >= 11 is 0. The first-order chi connectivity index (χ1) is 11.7. The number of hydrogen-bond acceptors (Lipinski definition) is 6. The van der Waals surface area contributed by atoms with Crippen molar-refractivity contribution in [3.05, 3.63) is 64.2 Å². The number of aliphatic carboxylic acids is 1. The monoisotopic (exact) mass is 366 g/mol. The Balaban J connectivity index is 2.27. The van der Waals surface area contributed by atoms with E-state index in [1.807, 2.05) is 0 Å². The van der Waals surface area contributed by atoms with Gasteiger partial charge in [0, 0.05) is 6.07 Å². The van der Waals surface area contributed by atoms with Crippen LogP contribution >= 0.6 is 0 Å². The van der Waals surface area contributed by atoms with Crippen LogP contribution in [-0.4, -0.2) is 35.6 Å². The second kappa shape index (κ2) is 7.28. The van der Waals surface area contributed by atoms with Crippen LogP contribution in [0.15, 0.2) is 53.4 Å². The Labute approximate surface area is 142 Å². The molecule has 1 atom stereocenters. The zero-order valence-electron chi connectivity index (χ0n) is 12.7. The van der Waals surface area contributed by atoms with Gasteiger partial charge in [-0.25, -0.2) is 8.42 Å². The maximum absolute atomic E-state index is 12.2. The summed E-state index contributed by atoms with van der Waals surface area (Å²) in [6, 6.07) is 9.04. The van der Waals surface area contributed by atoms with Crippen LogP contribution in [0.3, 0.4) is 0 Å². The molecule has 9 nitrogen and oxygen atoms in total. The van der Waals surface area contributed by atoms with Crippen molar-refractivity contribution in [2.75, 3.05) is 0 Å². The van der Waals surface area contributed by atoms with Crippen molar-refractivity contribution >= 4 is 21.7 Å². The molecule has 0 aliphatic carbocycles. The van der Waals surface area contributed by atoms with Gasteiger partial charge >= 0.3 is 11.7 Å². The molecule has 0 aliphatic heterocycles. The molecule has 2 rings (SSSR count). The molecule has 0 aromatic heterocycles. The van der Waals surface area contributed by atoms with E-state index >= 15 is 0 Å². The molecule has 132 valence electrons. The molecule has 0 saturated carbocycles. The van der Waals surface area contributed by atoms with E-state index in [9.17, 15) is 33.5 Å². The van der Waals surface area contributed by atoms with E-state index in [0.717, 1.165) is 12.1 Å². The van der Waals surface area contributed by atoms with Gasteiger partial charge in [-0.05, 0) is 30.2 Å². The predicted octanol–water partition coefficient (Wildman–Crippen LogP) is 1.27. The van der Waals surface area contributed by atoms with Gasteiger partial charge in [-0.2, -0.15) is 4.72 Å². The number of phenols is 1. The summed E-state index contributed by atoms with van der Waals surface area (Å²) in [6.45, 7) is 0. The molecular weight excluding hydrogens is 352 g/mol. The summed E-state index contributed by atoms with van der Waals surface area (Å²) < 4.78 is 26.5. The van der Waals surface area contributed by atoms with Gasteiger partial charge in [0.1, 0.15) is 6.04 Å². The van der Waals surface area contributed by atoms with Gasteiger partial charge in [-0.3, -0.25) is 14.9 Å². The second-order valence-corrected chi connectivity index (χ2v) is 6.82. The van der Waals surface area contributed by atoms with E-state index in [1.165, 1.54) is 30.3 Å². The average Bonchev–Trinajstić information content (AvgIpc) is 2.56. The average molecular weight is 366 g/mol. The van der Waals surface area contributed by atoms with E-state index in [-0.39, 0.29) is 16.9 Å². The third-order valence-corrected chi connectivity index (χ3v) is 4.81. The lowest BCUT2D eigenvalue weighted by Gasteiger charge is -2.15. The quantitative estimate of drug-likeness (QED) is 0.494. The van der Waals surface area contributed by atoms with Crippen LogP contribution in [-0.2, 0) is 21.2 Å². The number of nitrogens with zero attached hydrogens (tertiary/aromatic N) is 1. The van der Waals surface area contributed by atoms with Crippen LogP contribution in [0, 0.1) is 10.1 Å². The molecular formula is C15H14N2O7S. The van der Waals surface area contributed by atoms with Crippen molar-refractivity contribution in [3.63, 3.8) is 0 Å². The fourth-order valence-electron chi connectivity index (χ4n) is 2.11. The highest BCUT2D eigenvalue weighted by Gasteiger charge is 2.26. The number of carboxylic acid groups (broad SMARTS) is 1. The minimum atomic E-state index is -4.07. The Morgan fingerprint density at radius 3 is 2.40 bits per heavy atom. The third kappa shape index (κ3) is 4.52. The molecule has 2 aromatic carbocycles. The van der Waals surface area contributed by atoms with Crippen LogP contribution in [0.25, 0.3) is 0 Å². The number of nitro benzene ring substituents is 1. The first-order valence-electron chi connectivity index (χ1n) is 6.97. The smallest absolute Gasteiger partial charge is 0.322 e. The van der Waals surface area contributed by atoms with Gasteiger partial charge in [0.15, 0.2) is 5.75 Å². The van der Waals surface area contributed by atoms with Crippen LogP contribution in [0.1, 0.15) is 5.56 Å². The summed E-state index contributed by atoms with van der Waals surface area (Å²) in [5.41, 5.74) is -0.403. The maximum Gasteiger partial charge on any atom is 0.322 e. The molecule has 3 N–H and O–H groups in total. The van der Waals surface area contributed by atoms with Crippen molar-refractivity contribution in [2.24, 2.45) is 0 Å². The van der Waals surface area contributed by atoms with Crippen molar-refractivity contribution < 1.29 is 28.3 Å². The Bertz CT molecular complexity index is 897. The Morgan fingerprint density at radius 2 is 1.84 bits per heavy atom. The number of sulfonamides is 1. The molecule has 0 heterocycles. The Hall–Kier alpha value is -2.98. The molecule has 0 fully saturated rings. The Kier molecular flexibility index (Phi) is 5.35. The van der Waals surface area contributed by atoms with Gasteiger partial charge < -0.3 is 10.2 Å².